The molecular weight excluding hydrogens is 326 g/mol. The molecule has 1 rings (SSSR count). The summed E-state index contributed by atoms with van der Waals surface area (Å²) in [5, 5.41) is 0. The van der Waals surface area contributed by atoms with Crippen LogP contribution >= 0.6 is 0 Å². The van der Waals surface area contributed by atoms with Gasteiger partial charge in [-0.05, 0) is 6.42 Å². The predicted molar refractivity (Wildman–Crippen MR) is 62.7 cm³/mol. The van der Waals surface area contributed by atoms with Gasteiger partial charge in [0.25, 0.3) is 0 Å². The fourth-order valence-corrected chi connectivity index (χ4v) is 1.41. The summed E-state index contributed by atoms with van der Waals surface area (Å²) in [5.41, 5.74) is -5.91. The van der Waals surface area contributed by atoms with Crippen molar-refractivity contribution in [1.29, 1.82) is 0 Å². The molecule has 21 heavy (non-hydrogen) atoms. The molecule has 0 aliphatic heterocycles. The van der Waals surface area contributed by atoms with Gasteiger partial charge in [0.1, 0.15) is 0 Å². The van der Waals surface area contributed by atoms with Gasteiger partial charge in [0.15, 0.2) is 0 Å². The molecule has 10 heteroatoms. The van der Waals surface area contributed by atoms with Crippen molar-refractivity contribution >= 4 is 10.1 Å². The number of benzene rings is 1. The van der Waals surface area contributed by atoms with Crippen molar-refractivity contribution in [3.05, 3.63) is 35.9 Å². The SMILES string of the molecule is CCCOS(=O)(=O)C(F)(F)F.FC(F)(F)c1ccccc1. The summed E-state index contributed by atoms with van der Waals surface area (Å²) in [6.45, 7) is 1.06. The standard InChI is InChI=1S/C7H5F3.C4H7F3O3S/c8-7(9,10)6-4-2-1-3-5-6;1-2-3-10-11(8,9)4(5,6)7/h1-5H;2-3H2,1H3. The third kappa shape index (κ3) is 7.32. The van der Waals surface area contributed by atoms with Crippen LogP contribution in [0.1, 0.15) is 18.9 Å². The Balaban J connectivity index is 0.000000382. The molecule has 0 amide bonds. The van der Waals surface area contributed by atoms with Gasteiger partial charge in [-0.2, -0.15) is 34.8 Å². The van der Waals surface area contributed by atoms with Gasteiger partial charge in [-0.1, -0.05) is 37.3 Å². The molecule has 0 atom stereocenters. The van der Waals surface area contributed by atoms with E-state index in [9.17, 15) is 34.8 Å². The first kappa shape index (κ1) is 19.7. The van der Waals surface area contributed by atoms with E-state index in [1.807, 2.05) is 0 Å². The minimum atomic E-state index is -5.36. The van der Waals surface area contributed by atoms with Crippen molar-refractivity contribution in [3.63, 3.8) is 0 Å². The van der Waals surface area contributed by atoms with E-state index in [1.165, 1.54) is 19.1 Å². The van der Waals surface area contributed by atoms with E-state index in [-0.39, 0.29) is 6.42 Å². The van der Waals surface area contributed by atoms with Crippen LogP contribution in [0.2, 0.25) is 0 Å². The second kappa shape index (κ2) is 7.64. The monoisotopic (exact) mass is 338 g/mol. The third-order valence-electron chi connectivity index (χ3n) is 1.83. The van der Waals surface area contributed by atoms with E-state index in [1.54, 1.807) is 6.07 Å². The minimum Gasteiger partial charge on any atom is -0.263 e. The van der Waals surface area contributed by atoms with E-state index in [0.29, 0.717) is 0 Å². The second-order valence-electron chi connectivity index (χ2n) is 3.59. The summed E-state index contributed by atoms with van der Waals surface area (Å²) in [4.78, 5) is 0. The zero-order valence-electron chi connectivity index (χ0n) is 10.7. The zero-order valence-corrected chi connectivity index (χ0v) is 11.5. The number of hydrogen-bond acceptors (Lipinski definition) is 3. The van der Waals surface area contributed by atoms with Crippen LogP contribution in [0.3, 0.4) is 0 Å². The van der Waals surface area contributed by atoms with Crippen LogP contribution < -0.4 is 0 Å². The Labute approximate surface area is 117 Å². The van der Waals surface area contributed by atoms with Crippen LogP contribution in [0.5, 0.6) is 0 Å². The maximum atomic E-state index is 11.8. The number of hydrogen-bond donors (Lipinski definition) is 0. The van der Waals surface area contributed by atoms with Crippen molar-refractivity contribution in [3.8, 4) is 0 Å². The Morgan fingerprint density at radius 2 is 1.48 bits per heavy atom. The summed E-state index contributed by atoms with van der Waals surface area (Å²) in [5.74, 6) is 0. The number of halogens is 6. The van der Waals surface area contributed by atoms with Crippen molar-refractivity contribution in [2.75, 3.05) is 6.61 Å². The Bertz CT molecular complexity index is 507. The smallest absolute Gasteiger partial charge is 0.263 e. The van der Waals surface area contributed by atoms with Gasteiger partial charge in [0.05, 0.1) is 12.2 Å². The Morgan fingerprint density at radius 1 is 1.00 bits per heavy atom. The van der Waals surface area contributed by atoms with Crippen LogP contribution in [0.15, 0.2) is 30.3 Å². The average molecular weight is 338 g/mol. The molecule has 0 aromatic heterocycles. The molecule has 0 aliphatic carbocycles. The van der Waals surface area contributed by atoms with Crippen LogP contribution in [0, 0.1) is 0 Å². The second-order valence-corrected chi connectivity index (χ2v) is 5.19. The topological polar surface area (TPSA) is 43.4 Å². The molecule has 0 bridgehead atoms. The lowest BCUT2D eigenvalue weighted by molar-refractivity contribution is -0.137. The first-order chi connectivity index (χ1) is 9.42. The largest absolute Gasteiger partial charge is 0.523 e. The van der Waals surface area contributed by atoms with Gasteiger partial charge in [-0.25, -0.2) is 0 Å². The average Bonchev–Trinajstić information content (AvgIpc) is 2.36. The maximum Gasteiger partial charge on any atom is 0.523 e. The van der Waals surface area contributed by atoms with Gasteiger partial charge >= 0.3 is 21.8 Å². The first-order valence-corrected chi connectivity index (χ1v) is 6.90. The van der Waals surface area contributed by atoms with Crippen LogP contribution in [-0.2, 0) is 20.5 Å². The lowest BCUT2D eigenvalue weighted by Crippen LogP contribution is -2.25. The van der Waals surface area contributed by atoms with E-state index in [0.717, 1.165) is 12.1 Å². The van der Waals surface area contributed by atoms with Gasteiger partial charge in [-0.3, -0.25) is 4.18 Å². The van der Waals surface area contributed by atoms with Gasteiger partial charge < -0.3 is 0 Å². The molecule has 0 unspecified atom stereocenters. The molecular formula is C11H12F6O3S. The van der Waals surface area contributed by atoms with Crippen molar-refractivity contribution in [1.82, 2.24) is 0 Å². The number of rotatable bonds is 3. The fourth-order valence-electron chi connectivity index (χ4n) is 0.887. The van der Waals surface area contributed by atoms with E-state index >= 15 is 0 Å². The highest BCUT2D eigenvalue weighted by Gasteiger charge is 2.47. The molecule has 1 aromatic carbocycles. The van der Waals surface area contributed by atoms with E-state index in [4.69, 9.17) is 0 Å². The molecule has 1 aromatic rings. The third-order valence-corrected chi connectivity index (χ3v) is 2.87. The normalized spacial score (nSPS) is 12.5. The predicted octanol–water partition coefficient (Wildman–Crippen LogP) is 3.97. The summed E-state index contributed by atoms with van der Waals surface area (Å²) < 4.78 is 93.4. The Hall–Kier alpha value is -1.29. The van der Waals surface area contributed by atoms with E-state index in [2.05, 4.69) is 4.18 Å². The molecule has 0 saturated heterocycles. The molecule has 0 heterocycles. The maximum absolute atomic E-state index is 11.8. The number of alkyl halides is 6. The fraction of sp³-hybridized carbons (Fsp3) is 0.455. The lowest BCUT2D eigenvalue weighted by atomic mass is 10.2. The first-order valence-electron chi connectivity index (χ1n) is 5.49. The minimum absolute atomic E-state index is 0.218. The van der Waals surface area contributed by atoms with Crippen LogP contribution in [-0.4, -0.2) is 20.5 Å². The van der Waals surface area contributed by atoms with E-state index < -0.39 is 34.0 Å². The Morgan fingerprint density at radius 3 is 1.76 bits per heavy atom. The molecule has 3 nitrogen and oxygen atoms in total. The molecule has 0 fully saturated rings. The highest BCUT2D eigenvalue weighted by molar-refractivity contribution is 7.87. The molecule has 0 radical (unpaired) electrons. The summed E-state index contributed by atoms with van der Waals surface area (Å²) in [6.07, 6.45) is -3.99. The highest BCUT2D eigenvalue weighted by Crippen LogP contribution is 2.28. The highest BCUT2D eigenvalue weighted by atomic mass is 32.2. The summed E-state index contributed by atoms with van der Waals surface area (Å²) in [7, 11) is -5.36. The molecule has 0 saturated carbocycles. The molecule has 0 spiro atoms. The Kier molecular flexibility index (Phi) is 7.17. The van der Waals surface area contributed by atoms with Crippen molar-refractivity contribution < 1.29 is 38.9 Å². The molecule has 122 valence electrons. The quantitative estimate of drug-likeness (QED) is 0.476. The van der Waals surface area contributed by atoms with Gasteiger partial charge in [0.2, 0.25) is 0 Å². The van der Waals surface area contributed by atoms with Gasteiger partial charge in [-0.15, -0.1) is 0 Å². The van der Waals surface area contributed by atoms with Crippen LogP contribution in [0.4, 0.5) is 26.3 Å². The van der Waals surface area contributed by atoms with Crippen molar-refractivity contribution in [2.24, 2.45) is 0 Å². The summed E-state index contributed by atoms with van der Waals surface area (Å²) >= 11 is 0. The van der Waals surface area contributed by atoms with Crippen LogP contribution in [0.25, 0.3) is 0 Å². The van der Waals surface area contributed by atoms with Crippen molar-refractivity contribution in [2.45, 2.75) is 25.0 Å². The zero-order chi connectivity index (χ0) is 16.7. The molecule has 0 aliphatic rings. The lowest BCUT2D eigenvalue weighted by Gasteiger charge is -2.06. The molecule has 0 N–H and O–H groups in total. The van der Waals surface area contributed by atoms with Gasteiger partial charge in [0, 0.05) is 0 Å². The summed E-state index contributed by atoms with van der Waals surface area (Å²) in [6, 6.07) is 6.36.